The first-order chi connectivity index (χ1) is 17.0. The molecule has 0 saturated carbocycles. The quantitative estimate of drug-likeness (QED) is 0.461. The SMILES string of the molecule is CN1Cc2ccccc2C(c2ccc(NS(C)(=O)=O)cc2)N=C1CCc1ccc(NS(C)(=O)=O)cc1. The van der Waals surface area contributed by atoms with Crippen molar-refractivity contribution in [2.45, 2.75) is 25.4 Å². The molecule has 1 aliphatic heterocycles. The molecule has 0 saturated heterocycles. The highest BCUT2D eigenvalue weighted by molar-refractivity contribution is 7.92. The summed E-state index contributed by atoms with van der Waals surface area (Å²) in [5.41, 5.74) is 5.43. The number of fused-ring (bicyclic) bond motifs is 1. The zero-order valence-electron chi connectivity index (χ0n) is 20.5. The van der Waals surface area contributed by atoms with E-state index in [9.17, 15) is 16.8 Å². The summed E-state index contributed by atoms with van der Waals surface area (Å²) in [6.45, 7) is 0.733. The van der Waals surface area contributed by atoms with Crippen LogP contribution >= 0.6 is 0 Å². The lowest BCUT2D eigenvalue weighted by Gasteiger charge is -2.20. The fourth-order valence-corrected chi connectivity index (χ4v) is 5.40. The highest BCUT2D eigenvalue weighted by atomic mass is 32.2. The van der Waals surface area contributed by atoms with Crippen molar-refractivity contribution in [3.63, 3.8) is 0 Å². The molecule has 0 amide bonds. The van der Waals surface area contributed by atoms with Gasteiger partial charge in [0.15, 0.2) is 0 Å². The van der Waals surface area contributed by atoms with Crippen molar-refractivity contribution in [2.75, 3.05) is 29.0 Å². The fourth-order valence-electron chi connectivity index (χ4n) is 4.28. The average molecular weight is 527 g/mol. The number of amidine groups is 1. The average Bonchev–Trinajstić information content (AvgIpc) is 2.93. The van der Waals surface area contributed by atoms with Gasteiger partial charge in [-0.3, -0.25) is 14.4 Å². The number of aliphatic imine (C=N–C) groups is 1. The number of nitrogens with zero attached hydrogens (tertiary/aromatic N) is 2. The van der Waals surface area contributed by atoms with Gasteiger partial charge in [-0.2, -0.15) is 0 Å². The first-order valence-corrected chi connectivity index (χ1v) is 15.3. The van der Waals surface area contributed by atoms with Crippen LogP contribution in [0.5, 0.6) is 0 Å². The minimum absolute atomic E-state index is 0.213. The largest absolute Gasteiger partial charge is 0.359 e. The number of nitrogens with one attached hydrogen (secondary N) is 2. The van der Waals surface area contributed by atoms with Gasteiger partial charge >= 0.3 is 0 Å². The summed E-state index contributed by atoms with van der Waals surface area (Å²) >= 11 is 0. The normalized spacial score (nSPS) is 16.0. The second-order valence-corrected chi connectivity index (χ2v) is 12.6. The molecule has 1 unspecified atom stereocenters. The number of sulfonamides is 2. The van der Waals surface area contributed by atoms with Gasteiger partial charge in [0, 0.05) is 31.4 Å². The van der Waals surface area contributed by atoms with Crippen LogP contribution in [0.25, 0.3) is 0 Å². The zero-order chi connectivity index (χ0) is 25.9. The maximum atomic E-state index is 11.6. The first-order valence-electron chi connectivity index (χ1n) is 11.5. The third kappa shape index (κ3) is 6.86. The molecule has 0 bridgehead atoms. The fraction of sp³-hybridized carbons (Fsp3) is 0.269. The Hall–Kier alpha value is -3.37. The molecular formula is C26H30N4O4S2. The van der Waals surface area contributed by atoms with Crippen LogP contribution in [0.1, 0.15) is 34.7 Å². The van der Waals surface area contributed by atoms with Crippen LogP contribution in [0.4, 0.5) is 11.4 Å². The Labute approximate surface area is 213 Å². The molecule has 0 radical (unpaired) electrons. The van der Waals surface area contributed by atoms with E-state index in [1.54, 1.807) is 24.3 Å². The van der Waals surface area contributed by atoms with Gasteiger partial charge in [-0.05, 0) is 52.9 Å². The van der Waals surface area contributed by atoms with Crippen LogP contribution in [-0.2, 0) is 33.0 Å². The Morgan fingerprint density at radius 1 is 0.806 bits per heavy atom. The molecule has 1 atom stereocenters. The Balaban J connectivity index is 1.59. The molecule has 36 heavy (non-hydrogen) atoms. The summed E-state index contributed by atoms with van der Waals surface area (Å²) in [6.07, 6.45) is 3.73. The Kier molecular flexibility index (Phi) is 7.37. The smallest absolute Gasteiger partial charge is 0.229 e. The van der Waals surface area contributed by atoms with E-state index >= 15 is 0 Å². The third-order valence-corrected chi connectivity index (χ3v) is 7.11. The van der Waals surface area contributed by atoms with E-state index in [2.05, 4.69) is 26.5 Å². The topological polar surface area (TPSA) is 108 Å². The van der Waals surface area contributed by atoms with Gasteiger partial charge in [0.2, 0.25) is 20.0 Å². The van der Waals surface area contributed by atoms with Crippen molar-refractivity contribution in [3.05, 3.63) is 95.1 Å². The van der Waals surface area contributed by atoms with E-state index in [0.717, 1.165) is 48.0 Å². The molecule has 0 aliphatic carbocycles. The van der Waals surface area contributed by atoms with Gasteiger partial charge in [0.1, 0.15) is 11.9 Å². The number of hydrogen-bond acceptors (Lipinski definition) is 6. The second kappa shape index (κ2) is 10.3. The number of aryl methyl sites for hydroxylation is 1. The molecule has 1 aliphatic rings. The van der Waals surface area contributed by atoms with Gasteiger partial charge in [-0.15, -0.1) is 0 Å². The summed E-state index contributed by atoms with van der Waals surface area (Å²) in [7, 11) is -4.62. The van der Waals surface area contributed by atoms with E-state index in [0.29, 0.717) is 17.8 Å². The highest BCUT2D eigenvalue weighted by Crippen LogP contribution is 2.33. The van der Waals surface area contributed by atoms with Crippen LogP contribution < -0.4 is 9.44 Å². The number of anilines is 2. The Morgan fingerprint density at radius 2 is 1.36 bits per heavy atom. The van der Waals surface area contributed by atoms with E-state index in [-0.39, 0.29) is 6.04 Å². The summed E-state index contributed by atoms with van der Waals surface area (Å²) < 4.78 is 51.0. The van der Waals surface area contributed by atoms with Crippen molar-refractivity contribution in [1.29, 1.82) is 0 Å². The van der Waals surface area contributed by atoms with Crippen molar-refractivity contribution >= 4 is 37.3 Å². The molecule has 8 nitrogen and oxygen atoms in total. The Bertz CT molecular complexity index is 1470. The maximum Gasteiger partial charge on any atom is 0.229 e. The van der Waals surface area contributed by atoms with Crippen LogP contribution in [0.2, 0.25) is 0 Å². The third-order valence-electron chi connectivity index (χ3n) is 5.90. The second-order valence-electron chi connectivity index (χ2n) is 9.07. The predicted octanol–water partition coefficient (Wildman–Crippen LogP) is 4.00. The summed E-state index contributed by atoms with van der Waals surface area (Å²) in [5.74, 6) is 0.966. The summed E-state index contributed by atoms with van der Waals surface area (Å²) in [5, 5.41) is 0. The van der Waals surface area contributed by atoms with Crippen LogP contribution in [0.3, 0.4) is 0 Å². The molecule has 1 heterocycles. The Morgan fingerprint density at radius 3 is 1.94 bits per heavy atom. The van der Waals surface area contributed by atoms with Crippen molar-refractivity contribution < 1.29 is 16.8 Å². The highest BCUT2D eigenvalue weighted by Gasteiger charge is 2.23. The van der Waals surface area contributed by atoms with Crippen molar-refractivity contribution in [3.8, 4) is 0 Å². The zero-order valence-corrected chi connectivity index (χ0v) is 22.1. The van der Waals surface area contributed by atoms with E-state index < -0.39 is 20.0 Å². The molecule has 4 rings (SSSR count). The monoisotopic (exact) mass is 526 g/mol. The number of benzene rings is 3. The first kappa shape index (κ1) is 25.7. The van der Waals surface area contributed by atoms with E-state index in [1.165, 1.54) is 5.56 Å². The molecule has 2 N–H and O–H groups in total. The molecule has 3 aromatic carbocycles. The molecule has 0 spiro atoms. The van der Waals surface area contributed by atoms with Gasteiger partial charge in [-0.1, -0.05) is 48.5 Å². The standard InChI is InChI=1S/C26H30N4O4S2/c1-30-18-21-6-4-5-7-24(21)26(20-11-15-23(16-12-20)29-36(3,33)34)27-25(30)17-10-19-8-13-22(14-9-19)28-35(2,31)32/h4-9,11-16,26,28-29H,10,17-18H2,1-3H3. The lowest BCUT2D eigenvalue weighted by atomic mass is 9.95. The summed E-state index contributed by atoms with van der Waals surface area (Å²) in [6, 6.07) is 22.7. The van der Waals surface area contributed by atoms with Gasteiger partial charge in [0.05, 0.1) is 12.5 Å². The van der Waals surface area contributed by atoms with Crippen LogP contribution in [0, 0.1) is 0 Å². The number of rotatable bonds is 8. The predicted molar refractivity (Wildman–Crippen MR) is 145 cm³/mol. The molecule has 190 valence electrons. The number of hydrogen-bond donors (Lipinski definition) is 2. The van der Waals surface area contributed by atoms with Crippen molar-refractivity contribution in [1.82, 2.24) is 4.90 Å². The van der Waals surface area contributed by atoms with Gasteiger partial charge < -0.3 is 4.90 Å². The van der Waals surface area contributed by atoms with Gasteiger partial charge in [0.25, 0.3) is 0 Å². The lowest BCUT2D eigenvalue weighted by Crippen LogP contribution is -2.26. The molecule has 0 fully saturated rings. The van der Waals surface area contributed by atoms with Crippen LogP contribution in [-0.4, -0.2) is 47.1 Å². The molecule has 0 aromatic heterocycles. The van der Waals surface area contributed by atoms with Crippen molar-refractivity contribution in [2.24, 2.45) is 4.99 Å². The summed E-state index contributed by atoms with van der Waals surface area (Å²) in [4.78, 5) is 7.33. The molecular weight excluding hydrogens is 496 g/mol. The minimum atomic E-state index is -3.35. The molecule has 10 heteroatoms. The van der Waals surface area contributed by atoms with Crippen LogP contribution in [0.15, 0.2) is 77.8 Å². The lowest BCUT2D eigenvalue weighted by molar-refractivity contribution is 0.490. The molecule has 3 aromatic rings. The maximum absolute atomic E-state index is 11.6. The van der Waals surface area contributed by atoms with E-state index in [1.807, 2.05) is 43.4 Å². The van der Waals surface area contributed by atoms with E-state index in [4.69, 9.17) is 4.99 Å². The minimum Gasteiger partial charge on any atom is -0.359 e. The van der Waals surface area contributed by atoms with Gasteiger partial charge in [-0.25, -0.2) is 16.8 Å².